The van der Waals surface area contributed by atoms with E-state index < -0.39 is 52.4 Å². The first kappa shape index (κ1) is 16.4. The fourth-order valence-electron chi connectivity index (χ4n) is 2.02. The second kappa shape index (κ2) is 6.04. The molecule has 2 aliphatic heterocycles. The Morgan fingerprint density at radius 1 is 1.41 bits per heavy atom. The number of hydrogen-bond donors (Lipinski definition) is 0. The number of hydrogen-bond acceptors (Lipinski definition) is 9. The normalized spacial score (nSPS) is 31.8. The Morgan fingerprint density at radius 2 is 2.09 bits per heavy atom. The molecule has 0 aromatic carbocycles. The summed E-state index contributed by atoms with van der Waals surface area (Å²) in [6, 6.07) is 1.77. The summed E-state index contributed by atoms with van der Waals surface area (Å²) < 4.78 is 43.0. The highest BCUT2D eigenvalue weighted by molar-refractivity contribution is 7.87. The third-order valence-electron chi connectivity index (χ3n) is 3.01. The van der Waals surface area contributed by atoms with E-state index in [1.54, 1.807) is 6.07 Å². The summed E-state index contributed by atoms with van der Waals surface area (Å²) in [6.07, 6.45) is -2.82. The van der Waals surface area contributed by atoms with Crippen molar-refractivity contribution in [2.75, 3.05) is 6.61 Å². The van der Waals surface area contributed by atoms with E-state index in [4.69, 9.17) is 18.9 Å². The number of esters is 2. The lowest BCUT2D eigenvalue weighted by Crippen LogP contribution is -2.44. The van der Waals surface area contributed by atoms with Crippen molar-refractivity contribution in [2.24, 2.45) is 0 Å². The smallest absolute Gasteiger partial charge is 0.345 e. The highest BCUT2D eigenvalue weighted by Gasteiger charge is 2.54. The standard InChI is InChI=1S/C12H13NO8S/c1-6(2)11(15)18-5-10(14)20-12-8-3-7(9(4-13)19-8)21-22(12,16)17/h7-9,12H,1,3,5H2,2H3. The van der Waals surface area contributed by atoms with Gasteiger partial charge in [0.1, 0.15) is 12.2 Å². The molecule has 2 saturated heterocycles. The summed E-state index contributed by atoms with van der Waals surface area (Å²) in [5.41, 5.74) is -1.61. The Kier molecular flexibility index (Phi) is 4.50. The highest BCUT2D eigenvalue weighted by atomic mass is 32.2. The zero-order chi connectivity index (χ0) is 16.5. The molecule has 0 aromatic heterocycles. The number of carbonyl (C=O) groups excluding carboxylic acids is 2. The summed E-state index contributed by atoms with van der Waals surface area (Å²) >= 11 is 0. The Morgan fingerprint density at radius 3 is 2.68 bits per heavy atom. The first-order valence-electron chi connectivity index (χ1n) is 6.24. The minimum absolute atomic E-state index is 0.0836. The summed E-state index contributed by atoms with van der Waals surface area (Å²) in [7, 11) is -4.23. The van der Waals surface area contributed by atoms with Crippen LogP contribution in [-0.4, -0.2) is 50.7 Å². The number of fused-ring (bicyclic) bond motifs is 2. The minimum Gasteiger partial charge on any atom is -0.450 e. The van der Waals surface area contributed by atoms with Gasteiger partial charge in [-0.1, -0.05) is 6.58 Å². The van der Waals surface area contributed by atoms with Crippen molar-refractivity contribution in [3.05, 3.63) is 12.2 Å². The third kappa shape index (κ3) is 3.27. The van der Waals surface area contributed by atoms with Gasteiger partial charge in [0, 0.05) is 12.0 Å². The van der Waals surface area contributed by atoms with Crippen LogP contribution in [0.2, 0.25) is 0 Å². The zero-order valence-corrected chi connectivity index (χ0v) is 12.4. The molecule has 0 saturated carbocycles. The molecular weight excluding hydrogens is 318 g/mol. The topological polar surface area (TPSA) is 129 Å². The van der Waals surface area contributed by atoms with E-state index in [0.717, 1.165) is 0 Å². The van der Waals surface area contributed by atoms with E-state index in [2.05, 4.69) is 11.3 Å². The quantitative estimate of drug-likeness (QED) is 0.376. The van der Waals surface area contributed by atoms with Gasteiger partial charge in [0.05, 0.1) is 6.07 Å². The van der Waals surface area contributed by atoms with Crippen molar-refractivity contribution in [1.29, 1.82) is 5.26 Å². The average molecular weight is 331 g/mol. The van der Waals surface area contributed by atoms with Crippen molar-refractivity contribution in [3.8, 4) is 6.07 Å². The van der Waals surface area contributed by atoms with Crippen LogP contribution < -0.4 is 0 Å². The first-order chi connectivity index (χ1) is 10.2. The van der Waals surface area contributed by atoms with Gasteiger partial charge in [0.15, 0.2) is 12.7 Å². The molecule has 2 fully saturated rings. The van der Waals surface area contributed by atoms with Gasteiger partial charge in [0.25, 0.3) is 5.44 Å². The Bertz CT molecular complexity index is 649. The molecule has 0 N–H and O–H groups in total. The lowest BCUT2D eigenvalue weighted by Gasteiger charge is -2.26. The lowest BCUT2D eigenvalue weighted by atomic mass is 10.1. The summed E-state index contributed by atoms with van der Waals surface area (Å²) in [5.74, 6) is -1.88. The molecule has 0 spiro atoms. The van der Waals surface area contributed by atoms with Gasteiger partial charge in [-0.2, -0.15) is 13.7 Å². The number of nitriles is 1. The molecule has 120 valence electrons. The molecule has 4 atom stereocenters. The van der Waals surface area contributed by atoms with Crippen LogP contribution in [0.1, 0.15) is 13.3 Å². The molecule has 0 radical (unpaired) electrons. The van der Waals surface area contributed by atoms with E-state index in [0.29, 0.717) is 0 Å². The molecule has 0 aliphatic carbocycles. The van der Waals surface area contributed by atoms with Crippen molar-refractivity contribution < 1.29 is 36.4 Å². The summed E-state index contributed by atoms with van der Waals surface area (Å²) in [6.45, 7) is 3.95. The van der Waals surface area contributed by atoms with E-state index >= 15 is 0 Å². The van der Waals surface area contributed by atoms with Gasteiger partial charge in [-0.15, -0.1) is 0 Å². The predicted octanol–water partition coefficient (Wildman–Crippen LogP) is -0.615. The van der Waals surface area contributed by atoms with Crippen LogP contribution in [0.5, 0.6) is 0 Å². The van der Waals surface area contributed by atoms with E-state index in [1.807, 2.05) is 0 Å². The summed E-state index contributed by atoms with van der Waals surface area (Å²) in [5, 5.41) is 8.83. The van der Waals surface area contributed by atoms with E-state index in [1.165, 1.54) is 6.92 Å². The van der Waals surface area contributed by atoms with Crippen LogP contribution in [0, 0.1) is 11.3 Å². The van der Waals surface area contributed by atoms with Crippen LogP contribution >= 0.6 is 0 Å². The number of nitrogens with zero attached hydrogens (tertiary/aromatic N) is 1. The lowest BCUT2D eigenvalue weighted by molar-refractivity contribution is -0.161. The third-order valence-corrected chi connectivity index (χ3v) is 4.50. The molecule has 22 heavy (non-hydrogen) atoms. The monoisotopic (exact) mass is 331 g/mol. The van der Waals surface area contributed by atoms with Gasteiger partial charge in [-0.25, -0.2) is 9.59 Å². The fraction of sp³-hybridized carbons (Fsp3) is 0.583. The SMILES string of the molecule is C=C(C)C(=O)OCC(=O)OC1C2CC(OS1(=O)=O)C(C#N)O2. The molecule has 2 heterocycles. The van der Waals surface area contributed by atoms with Gasteiger partial charge >= 0.3 is 22.1 Å². The maximum Gasteiger partial charge on any atom is 0.345 e. The van der Waals surface area contributed by atoms with Gasteiger partial charge in [0.2, 0.25) is 0 Å². The van der Waals surface area contributed by atoms with Crippen LogP contribution in [0.3, 0.4) is 0 Å². The average Bonchev–Trinajstić information content (AvgIpc) is 2.78. The molecular formula is C12H13NO8S. The molecule has 2 rings (SSSR count). The van der Waals surface area contributed by atoms with Crippen molar-refractivity contribution in [1.82, 2.24) is 0 Å². The van der Waals surface area contributed by atoms with Gasteiger partial charge in [-0.3, -0.25) is 4.18 Å². The molecule has 2 aliphatic rings. The van der Waals surface area contributed by atoms with Crippen LogP contribution in [0.25, 0.3) is 0 Å². The Hall–Kier alpha value is -1.96. The fourth-order valence-corrected chi connectivity index (χ4v) is 3.43. The molecule has 0 amide bonds. The highest BCUT2D eigenvalue weighted by Crippen LogP contribution is 2.35. The van der Waals surface area contributed by atoms with Crippen molar-refractivity contribution in [2.45, 2.75) is 37.1 Å². The zero-order valence-electron chi connectivity index (χ0n) is 11.6. The number of carbonyl (C=O) groups is 2. The number of ether oxygens (including phenoxy) is 3. The Balaban J connectivity index is 2.00. The molecule has 9 nitrogen and oxygen atoms in total. The van der Waals surface area contributed by atoms with E-state index in [-0.39, 0.29) is 12.0 Å². The van der Waals surface area contributed by atoms with Crippen LogP contribution in [-0.2, 0) is 38.1 Å². The first-order valence-corrected chi connectivity index (χ1v) is 7.71. The predicted molar refractivity (Wildman–Crippen MR) is 68.3 cm³/mol. The second-order valence-corrected chi connectivity index (χ2v) is 6.44. The van der Waals surface area contributed by atoms with Crippen molar-refractivity contribution >= 4 is 22.1 Å². The van der Waals surface area contributed by atoms with Gasteiger partial charge in [-0.05, 0) is 6.92 Å². The maximum atomic E-state index is 11.9. The van der Waals surface area contributed by atoms with Crippen molar-refractivity contribution in [3.63, 3.8) is 0 Å². The number of rotatable bonds is 4. The minimum atomic E-state index is -4.23. The molecule has 10 heteroatoms. The molecule has 0 aromatic rings. The van der Waals surface area contributed by atoms with Gasteiger partial charge < -0.3 is 14.2 Å². The van der Waals surface area contributed by atoms with Crippen LogP contribution in [0.4, 0.5) is 0 Å². The molecule has 4 unspecified atom stereocenters. The second-order valence-electron chi connectivity index (χ2n) is 4.80. The van der Waals surface area contributed by atoms with Crippen LogP contribution in [0.15, 0.2) is 12.2 Å². The largest absolute Gasteiger partial charge is 0.450 e. The Labute approximate surface area is 126 Å². The molecule has 2 bridgehead atoms. The maximum absolute atomic E-state index is 11.9. The summed E-state index contributed by atoms with van der Waals surface area (Å²) in [4.78, 5) is 22.7. The van der Waals surface area contributed by atoms with E-state index in [9.17, 15) is 18.0 Å².